The molecule has 2 aromatic carbocycles. The van der Waals surface area contributed by atoms with Crippen LogP contribution in [0.25, 0.3) is 0 Å². The first kappa shape index (κ1) is 23.0. The first-order valence-electron chi connectivity index (χ1n) is 11.2. The molecule has 0 spiro atoms. The van der Waals surface area contributed by atoms with Crippen LogP contribution in [0.2, 0.25) is 0 Å². The third-order valence-electron chi connectivity index (χ3n) is 7.16. The summed E-state index contributed by atoms with van der Waals surface area (Å²) in [5.74, 6) is -3.67. The number of ether oxygens (including phenoxy) is 1. The Labute approximate surface area is 183 Å². The maximum Gasteiger partial charge on any atom is 0.573 e. The van der Waals surface area contributed by atoms with Crippen LogP contribution < -0.4 is 4.74 Å². The summed E-state index contributed by atoms with van der Waals surface area (Å²) in [6.45, 7) is 2.20. The smallest absolute Gasteiger partial charge is 0.399 e. The topological polar surface area (TPSA) is 9.23 Å². The van der Waals surface area contributed by atoms with Crippen molar-refractivity contribution in [2.75, 3.05) is 0 Å². The van der Waals surface area contributed by atoms with Crippen molar-refractivity contribution in [1.82, 2.24) is 0 Å². The number of fused-ring (bicyclic) bond motifs is 1. The molecule has 2 aromatic rings. The molecule has 0 amide bonds. The van der Waals surface area contributed by atoms with E-state index in [0.29, 0.717) is 17.9 Å². The van der Waals surface area contributed by atoms with Gasteiger partial charge in [-0.05, 0) is 97.1 Å². The van der Waals surface area contributed by atoms with E-state index in [2.05, 4.69) is 11.7 Å². The monoisotopic (exact) mass is 456 g/mol. The quantitative estimate of drug-likeness (QED) is 0.424. The maximum atomic E-state index is 15.0. The molecule has 7 heteroatoms. The average Bonchev–Trinajstić information content (AvgIpc) is 2.75. The summed E-state index contributed by atoms with van der Waals surface area (Å²) in [5, 5.41) is 0. The summed E-state index contributed by atoms with van der Waals surface area (Å²) in [6.07, 6.45) is 1.00. The molecular formula is C25H26F6O. The third-order valence-corrected chi connectivity index (χ3v) is 7.16. The van der Waals surface area contributed by atoms with E-state index in [4.69, 9.17) is 0 Å². The fraction of sp³-hybridized carbons (Fsp3) is 0.520. The zero-order valence-corrected chi connectivity index (χ0v) is 17.9. The van der Waals surface area contributed by atoms with Crippen LogP contribution in [0, 0.1) is 23.4 Å². The number of halogens is 6. The maximum absolute atomic E-state index is 15.0. The lowest BCUT2D eigenvalue weighted by Crippen LogP contribution is -2.21. The summed E-state index contributed by atoms with van der Waals surface area (Å²) in [4.78, 5) is 0. The van der Waals surface area contributed by atoms with Gasteiger partial charge in [0.05, 0.1) is 0 Å². The fourth-order valence-electron chi connectivity index (χ4n) is 5.33. The lowest BCUT2D eigenvalue weighted by atomic mass is 9.76. The van der Waals surface area contributed by atoms with Crippen LogP contribution in [0.5, 0.6) is 5.75 Å². The SMILES string of the molecule is CCC1CCC(c2ccc(C3CCc4c(cc(F)c(OC(F)(F)F)c4F)C3)c(F)c2)CC1. The van der Waals surface area contributed by atoms with Crippen molar-refractivity contribution in [3.05, 3.63) is 64.0 Å². The Hall–Kier alpha value is -2.18. The lowest BCUT2D eigenvalue weighted by molar-refractivity contribution is -0.276. The van der Waals surface area contributed by atoms with Crippen LogP contribution >= 0.6 is 0 Å². The van der Waals surface area contributed by atoms with Gasteiger partial charge in [-0.25, -0.2) is 13.2 Å². The fourth-order valence-corrected chi connectivity index (χ4v) is 5.33. The van der Waals surface area contributed by atoms with Crippen molar-refractivity contribution in [2.24, 2.45) is 5.92 Å². The van der Waals surface area contributed by atoms with Crippen molar-refractivity contribution in [1.29, 1.82) is 0 Å². The van der Waals surface area contributed by atoms with Gasteiger partial charge in [-0.3, -0.25) is 0 Å². The summed E-state index contributed by atoms with van der Waals surface area (Å²) in [7, 11) is 0. The highest BCUT2D eigenvalue weighted by Crippen LogP contribution is 2.41. The zero-order valence-electron chi connectivity index (χ0n) is 17.9. The summed E-state index contributed by atoms with van der Waals surface area (Å²) in [6, 6.07) is 6.18. The molecule has 0 radical (unpaired) electrons. The van der Waals surface area contributed by atoms with E-state index in [1.54, 1.807) is 12.1 Å². The van der Waals surface area contributed by atoms with Crippen LogP contribution in [0.15, 0.2) is 24.3 Å². The highest BCUT2D eigenvalue weighted by molar-refractivity contribution is 5.43. The highest BCUT2D eigenvalue weighted by atomic mass is 19.4. The molecule has 1 nitrogen and oxygen atoms in total. The van der Waals surface area contributed by atoms with Crippen molar-refractivity contribution in [3.63, 3.8) is 0 Å². The van der Waals surface area contributed by atoms with Crippen molar-refractivity contribution >= 4 is 0 Å². The molecule has 0 bridgehead atoms. The normalized spacial score (nSPS) is 23.7. The minimum Gasteiger partial charge on any atom is -0.399 e. The largest absolute Gasteiger partial charge is 0.573 e. The van der Waals surface area contributed by atoms with E-state index in [0.717, 1.165) is 43.2 Å². The van der Waals surface area contributed by atoms with Gasteiger partial charge in [-0.1, -0.05) is 25.5 Å². The minimum atomic E-state index is -5.19. The van der Waals surface area contributed by atoms with Gasteiger partial charge in [0.25, 0.3) is 0 Å². The predicted octanol–water partition coefficient (Wildman–Crippen LogP) is 7.96. The Morgan fingerprint density at radius 2 is 1.62 bits per heavy atom. The van der Waals surface area contributed by atoms with Crippen molar-refractivity contribution in [2.45, 2.75) is 76.5 Å². The number of hydrogen-bond acceptors (Lipinski definition) is 1. The Bertz CT molecular complexity index is 975. The standard InChI is InChI=1S/C25H26F6O/c1-2-14-3-5-15(6-4-14)16-7-9-19(21(26)12-16)17-8-10-20-18(11-17)13-22(27)24(23(20)28)32-25(29,30)31/h7,9,12-15,17H,2-6,8,10-11H2,1H3. The molecule has 0 N–H and O–H groups in total. The second kappa shape index (κ2) is 8.99. The molecule has 32 heavy (non-hydrogen) atoms. The van der Waals surface area contributed by atoms with Gasteiger partial charge in [0.1, 0.15) is 5.82 Å². The first-order chi connectivity index (χ1) is 15.2. The van der Waals surface area contributed by atoms with Crippen LogP contribution in [-0.2, 0) is 12.8 Å². The molecular weight excluding hydrogens is 430 g/mol. The number of alkyl halides is 3. The average molecular weight is 456 g/mol. The summed E-state index contributed by atoms with van der Waals surface area (Å²) in [5.41, 5.74) is 1.74. The molecule has 1 fully saturated rings. The molecule has 2 aliphatic carbocycles. The summed E-state index contributed by atoms with van der Waals surface area (Å²) >= 11 is 0. The molecule has 0 saturated heterocycles. The van der Waals surface area contributed by atoms with Crippen molar-refractivity contribution < 1.29 is 31.1 Å². The number of rotatable bonds is 4. The summed E-state index contributed by atoms with van der Waals surface area (Å²) < 4.78 is 84.6. The molecule has 0 aliphatic heterocycles. The van der Waals surface area contributed by atoms with Gasteiger partial charge < -0.3 is 4.74 Å². The number of hydrogen-bond donors (Lipinski definition) is 0. The Balaban J connectivity index is 1.52. The van der Waals surface area contributed by atoms with Gasteiger partial charge in [-0.2, -0.15) is 0 Å². The van der Waals surface area contributed by atoms with Gasteiger partial charge >= 0.3 is 6.36 Å². The Morgan fingerprint density at radius 3 is 2.25 bits per heavy atom. The first-order valence-corrected chi connectivity index (χ1v) is 11.2. The zero-order chi connectivity index (χ0) is 23.0. The molecule has 2 aliphatic rings. The highest BCUT2D eigenvalue weighted by Gasteiger charge is 2.36. The number of benzene rings is 2. The van der Waals surface area contributed by atoms with Gasteiger partial charge in [0, 0.05) is 0 Å². The van der Waals surface area contributed by atoms with Crippen LogP contribution in [-0.4, -0.2) is 6.36 Å². The molecule has 0 heterocycles. The van der Waals surface area contributed by atoms with Crippen molar-refractivity contribution in [3.8, 4) is 5.75 Å². The molecule has 1 saturated carbocycles. The lowest BCUT2D eigenvalue weighted by Gasteiger charge is -2.29. The van der Waals surface area contributed by atoms with Gasteiger partial charge in [0.15, 0.2) is 11.6 Å². The van der Waals surface area contributed by atoms with E-state index in [1.165, 1.54) is 6.42 Å². The molecule has 4 rings (SSSR count). The van der Waals surface area contributed by atoms with E-state index < -0.39 is 23.7 Å². The Kier molecular flexibility index (Phi) is 6.46. The van der Waals surface area contributed by atoms with E-state index >= 15 is 4.39 Å². The van der Waals surface area contributed by atoms with Gasteiger partial charge in [0.2, 0.25) is 5.75 Å². The Morgan fingerprint density at radius 1 is 0.906 bits per heavy atom. The molecule has 0 aromatic heterocycles. The molecule has 1 unspecified atom stereocenters. The van der Waals surface area contributed by atoms with E-state index in [1.807, 2.05) is 6.07 Å². The second-order valence-corrected chi connectivity index (χ2v) is 9.03. The predicted molar refractivity (Wildman–Crippen MR) is 109 cm³/mol. The van der Waals surface area contributed by atoms with Gasteiger partial charge in [-0.15, -0.1) is 13.2 Å². The van der Waals surface area contributed by atoms with Crippen LogP contribution in [0.3, 0.4) is 0 Å². The van der Waals surface area contributed by atoms with E-state index in [-0.39, 0.29) is 35.7 Å². The van der Waals surface area contributed by atoms with E-state index in [9.17, 15) is 22.0 Å². The molecule has 174 valence electrons. The molecule has 1 atom stereocenters. The van der Waals surface area contributed by atoms with Crippen LogP contribution in [0.1, 0.15) is 79.5 Å². The second-order valence-electron chi connectivity index (χ2n) is 9.03. The minimum absolute atomic E-state index is 0.00612. The third kappa shape index (κ3) is 4.76. The van der Waals surface area contributed by atoms with Crippen LogP contribution in [0.4, 0.5) is 26.3 Å².